The monoisotopic (exact) mass is 322 g/mol. The molecule has 2 aromatic carbocycles. The van der Waals surface area contributed by atoms with Crippen molar-refractivity contribution in [2.75, 3.05) is 12.4 Å². The third-order valence-corrected chi connectivity index (χ3v) is 4.15. The molecule has 0 atom stereocenters. The minimum Gasteiger partial charge on any atom is -0.495 e. The first-order valence-corrected chi connectivity index (χ1v) is 8.17. The van der Waals surface area contributed by atoms with E-state index in [4.69, 9.17) is 4.74 Å². The molecule has 1 amide bonds. The summed E-state index contributed by atoms with van der Waals surface area (Å²) < 4.78 is 5.29. The first-order valence-electron chi connectivity index (χ1n) is 8.17. The highest BCUT2D eigenvalue weighted by molar-refractivity contribution is 5.92. The number of H-pyrrole nitrogens is 1. The van der Waals surface area contributed by atoms with E-state index in [1.54, 1.807) is 7.11 Å². The lowest BCUT2D eigenvalue weighted by Gasteiger charge is -2.11. The van der Waals surface area contributed by atoms with Gasteiger partial charge in [-0.15, -0.1) is 0 Å². The fourth-order valence-electron chi connectivity index (χ4n) is 2.91. The van der Waals surface area contributed by atoms with E-state index in [9.17, 15) is 4.79 Å². The van der Waals surface area contributed by atoms with Crippen LogP contribution in [0.2, 0.25) is 0 Å². The summed E-state index contributed by atoms with van der Waals surface area (Å²) >= 11 is 0. The molecule has 0 aliphatic rings. The molecule has 0 unspecified atom stereocenters. The smallest absolute Gasteiger partial charge is 0.224 e. The van der Waals surface area contributed by atoms with Gasteiger partial charge in [-0.25, -0.2) is 0 Å². The van der Waals surface area contributed by atoms with Gasteiger partial charge in [0.05, 0.1) is 12.8 Å². The zero-order valence-electron chi connectivity index (χ0n) is 14.1. The Morgan fingerprint density at radius 2 is 2.04 bits per heavy atom. The first-order chi connectivity index (χ1) is 11.7. The van der Waals surface area contributed by atoms with Gasteiger partial charge in [0.25, 0.3) is 0 Å². The lowest BCUT2D eigenvalue weighted by Crippen LogP contribution is -2.12. The molecule has 0 spiro atoms. The van der Waals surface area contributed by atoms with Crippen LogP contribution in [0.25, 0.3) is 10.9 Å². The summed E-state index contributed by atoms with van der Waals surface area (Å²) in [6, 6.07) is 14.0. The molecule has 0 saturated heterocycles. The molecule has 24 heavy (non-hydrogen) atoms. The van der Waals surface area contributed by atoms with Gasteiger partial charge >= 0.3 is 0 Å². The molecule has 124 valence electrons. The van der Waals surface area contributed by atoms with Crippen LogP contribution in [0.5, 0.6) is 5.75 Å². The number of hydrogen-bond donors (Lipinski definition) is 2. The van der Waals surface area contributed by atoms with Crippen LogP contribution in [0.15, 0.2) is 48.7 Å². The van der Waals surface area contributed by atoms with Crippen LogP contribution in [0.4, 0.5) is 5.69 Å². The van der Waals surface area contributed by atoms with Gasteiger partial charge < -0.3 is 15.0 Å². The van der Waals surface area contributed by atoms with Crippen LogP contribution in [-0.4, -0.2) is 18.0 Å². The van der Waals surface area contributed by atoms with E-state index in [0.717, 1.165) is 29.6 Å². The van der Waals surface area contributed by atoms with E-state index in [1.165, 1.54) is 10.9 Å². The molecule has 0 bridgehead atoms. The molecule has 4 nitrogen and oxygen atoms in total. The van der Waals surface area contributed by atoms with Gasteiger partial charge in [-0.1, -0.05) is 24.3 Å². The van der Waals surface area contributed by atoms with Crippen LogP contribution >= 0.6 is 0 Å². The fraction of sp³-hybridized carbons (Fsp3) is 0.250. The van der Waals surface area contributed by atoms with E-state index in [2.05, 4.69) is 22.4 Å². The summed E-state index contributed by atoms with van der Waals surface area (Å²) in [5.74, 6) is 0.698. The SMILES string of the molecule is COc1ccc(C)cc1NC(=O)CCCc1c[nH]c2ccccc12. The summed E-state index contributed by atoms with van der Waals surface area (Å²) in [5, 5.41) is 4.18. The zero-order valence-corrected chi connectivity index (χ0v) is 14.1. The normalized spacial score (nSPS) is 10.8. The molecule has 4 heteroatoms. The van der Waals surface area contributed by atoms with Crippen molar-refractivity contribution < 1.29 is 9.53 Å². The average molecular weight is 322 g/mol. The van der Waals surface area contributed by atoms with Crippen molar-refractivity contribution in [1.29, 1.82) is 0 Å². The number of aromatic amines is 1. The van der Waals surface area contributed by atoms with Gasteiger partial charge in [-0.2, -0.15) is 0 Å². The summed E-state index contributed by atoms with van der Waals surface area (Å²) in [5.41, 5.74) is 4.22. The number of carbonyl (C=O) groups excluding carboxylic acids is 1. The topological polar surface area (TPSA) is 54.1 Å². The van der Waals surface area contributed by atoms with Crippen LogP contribution in [-0.2, 0) is 11.2 Å². The second kappa shape index (κ2) is 7.21. The van der Waals surface area contributed by atoms with E-state index >= 15 is 0 Å². The highest BCUT2D eigenvalue weighted by Gasteiger charge is 2.09. The van der Waals surface area contributed by atoms with Gasteiger partial charge in [0.1, 0.15) is 5.75 Å². The van der Waals surface area contributed by atoms with E-state index in [1.807, 2.05) is 43.5 Å². The maximum atomic E-state index is 12.2. The van der Waals surface area contributed by atoms with Crippen molar-refractivity contribution in [2.45, 2.75) is 26.2 Å². The van der Waals surface area contributed by atoms with E-state index in [-0.39, 0.29) is 5.91 Å². The molecule has 3 rings (SSSR count). The molecule has 2 N–H and O–H groups in total. The van der Waals surface area contributed by atoms with Crippen molar-refractivity contribution >= 4 is 22.5 Å². The predicted octanol–water partition coefficient (Wildman–Crippen LogP) is 4.45. The Hall–Kier alpha value is -2.75. The summed E-state index contributed by atoms with van der Waals surface area (Å²) in [6.45, 7) is 1.99. The third-order valence-electron chi connectivity index (χ3n) is 4.15. The number of rotatable bonds is 6. The Morgan fingerprint density at radius 1 is 1.21 bits per heavy atom. The van der Waals surface area contributed by atoms with Gasteiger partial charge in [-0.05, 0) is 49.1 Å². The number of aryl methyl sites for hydroxylation is 2. The number of hydrogen-bond acceptors (Lipinski definition) is 2. The maximum absolute atomic E-state index is 12.2. The van der Waals surface area contributed by atoms with Crippen LogP contribution in [0, 0.1) is 6.92 Å². The summed E-state index contributed by atoms with van der Waals surface area (Å²) in [4.78, 5) is 15.5. The molecule has 0 aliphatic heterocycles. The van der Waals surface area contributed by atoms with E-state index in [0.29, 0.717) is 12.2 Å². The van der Waals surface area contributed by atoms with Crippen molar-refractivity contribution in [3.8, 4) is 5.75 Å². The molecule has 0 radical (unpaired) electrons. The summed E-state index contributed by atoms with van der Waals surface area (Å²) in [7, 11) is 1.61. The lowest BCUT2D eigenvalue weighted by atomic mass is 10.1. The Balaban J connectivity index is 1.57. The average Bonchev–Trinajstić information content (AvgIpc) is 2.98. The quantitative estimate of drug-likeness (QED) is 0.704. The highest BCUT2D eigenvalue weighted by atomic mass is 16.5. The number of para-hydroxylation sites is 1. The van der Waals surface area contributed by atoms with Gasteiger partial charge in [-0.3, -0.25) is 4.79 Å². The van der Waals surface area contributed by atoms with Crippen LogP contribution in [0.1, 0.15) is 24.0 Å². The number of aromatic nitrogens is 1. The second-order valence-corrected chi connectivity index (χ2v) is 5.96. The minimum atomic E-state index is 0.0127. The number of carbonyl (C=O) groups is 1. The molecule has 0 aliphatic carbocycles. The zero-order chi connectivity index (χ0) is 16.9. The number of amides is 1. The van der Waals surface area contributed by atoms with Crippen LogP contribution in [0.3, 0.4) is 0 Å². The number of methoxy groups -OCH3 is 1. The second-order valence-electron chi connectivity index (χ2n) is 5.96. The standard InChI is InChI=1S/C20H22N2O2/c1-14-10-11-19(24-2)18(12-14)22-20(23)9-5-6-15-13-21-17-8-4-3-7-16(15)17/h3-4,7-8,10-13,21H,5-6,9H2,1-2H3,(H,22,23). The number of anilines is 1. The molecule has 1 aromatic heterocycles. The molecule has 1 heterocycles. The Bertz CT molecular complexity index is 852. The van der Waals surface area contributed by atoms with Crippen molar-refractivity contribution in [3.05, 3.63) is 59.8 Å². The van der Waals surface area contributed by atoms with Gasteiger partial charge in [0, 0.05) is 23.5 Å². The fourth-order valence-corrected chi connectivity index (χ4v) is 2.91. The lowest BCUT2D eigenvalue weighted by molar-refractivity contribution is -0.116. The molecule has 0 fully saturated rings. The predicted molar refractivity (Wildman–Crippen MR) is 97.6 cm³/mol. The summed E-state index contributed by atoms with van der Waals surface area (Å²) in [6.07, 6.45) is 4.20. The number of nitrogens with one attached hydrogen (secondary N) is 2. The van der Waals surface area contributed by atoms with Crippen molar-refractivity contribution in [2.24, 2.45) is 0 Å². The van der Waals surface area contributed by atoms with Crippen LogP contribution < -0.4 is 10.1 Å². The van der Waals surface area contributed by atoms with E-state index < -0.39 is 0 Å². The molecular weight excluding hydrogens is 300 g/mol. The Morgan fingerprint density at radius 3 is 2.88 bits per heavy atom. The number of ether oxygens (including phenoxy) is 1. The van der Waals surface area contributed by atoms with Crippen molar-refractivity contribution in [3.63, 3.8) is 0 Å². The third kappa shape index (κ3) is 3.59. The minimum absolute atomic E-state index is 0.0127. The molecule has 3 aromatic rings. The van der Waals surface area contributed by atoms with Crippen molar-refractivity contribution in [1.82, 2.24) is 4.98 Å². The maximum Gasteiger partial charge on any atom is 0.224 e. The number of fused-ring (bicyclic) bond motifs is 1. The largest absolute Gasteiger partial charge is 0.495 e. The Kier molecular flexibility index (Phi) is 4.85. The number of benzene rings is 2. The molecular formula is C20H22N2O2. The Labute approximate surface area is 141 Å². The van der Waals surface area contributed by atoms with Gasteiger partial charge in [0.15, 0.2) is 0 Å². The highest BCUT2D eigenvalue weighted by Crippen LogP contribution is 2.25. The molecule has 0 saturated carbocycles. The van der Waals surface area contributed by atoms with Gasteiger partial charge in [0.2, 0.25) is 5.91 Å². The first kappa shape index (κ1) is 16.1.